The molecular formula is C10H6Br2N4O4S. The standard InChI is InChI=1S/C10H6Br2N4O4S/c11-6-4-14-9(8(12)15-6)16-21(19,20)7-2-1-5(3-13-7)10(17)18/h1-4H,(H,14,16)(H,17,18). The lowest BCUT2D eigenvalue weighted by Gasteiger charge is -2.07. The van der Waals surface area contributed by atoms with Crippen LogP contribution in [0.1, 0.15) is 10.4 Å². The van der Waals surface area contributed by atoms with Gasteiger partial charge in [-0.05, 0) is 44.0 Å². The summed E-state index contributed by atoms with van der Waals surface area (Å²) < 4.78 is 27.0. The average Bonchev–Trinajstić information content (AvgIpc) is 2.42. The minimum absolute atomic E-state index is 0.0117. The van der Waals surface area contributed by atoms with Gasteiger partial charge in [-0.3, -0.25) is 4.72 Å². The maximum atomic E-state index is 12.1. The number of hydrogen-bond acceptors (Lipinski definition) is 6. The summed E-state index contributed by atoms with van der Waals surface area (Å²) in [6.45, 7) is 0. The zero-order valence-corrected chi connectivity index (χ0v) is 14.0. The summed E-state index contributed by atoms with van der Waals surface area (Å²) in [6, 6.07) is 2.23. The molecule has 2 aromatic heterocycles. The number of halogens is 2. The van der Waals surface area contributed by atoms with Gasteiger partial charge in [0.1, 0.15) is 4.60 Å². The molecule has 0 atom stereocenters. The summed E-state index contributed by atoms with van der Waals surface area (Å²) in [5.74, 6) is -1.21. The van der Waals surface area contributed by atoms with Crippen LogP contribution >= 0.6 is 31.9 Å². The molecule has 2 heterocycles. The van der Waals surface area contributed by atoms with Gasteiger partial charge in [-0.25, -0.2) is 19.7 Å². The molecule has 0 saturated carbocycles. The summed E-state index contributed by atoms with van der Waals surface area (Å²) in [5.41, 5.74) is -0.112. The number of hydrogen-bond donors (Lipinski definition) is 2. The average molecular weight is 438 g/mol. The third-order valence-corrected chi connectivity index (χ3v) is 4.38. The Morgan fingerprint density at radius 3 is 2.43 bits per heavy atom. The van der Waals surface area contributed by atoms with Gasteiger partial charge in [-0.2, -0.15) is 8.42 Å². The maximum absolute atomic E-state index is 12.1. The zero-order chi connectivity index (χ0) is 15.6. The van der Waals surface area contributed by atoms with Crippen molar-refractivity contribution in [1.82, 2.24) is 15.0 Å². The van der Waals surface area contributed by atoms with Gasteiger partial charge in [-0.1, -0.05) is 0 Å². The first-order valence-corrected chi connectivity index (χ1v) is 8.27. The van der Waals surface area contributed by atoms with E-state index in [1.165, 1.54) is 6.20 Å². The molecule has 110 valence electrons. The number of sulfonamides is 1. The number of rotatable bonds is 4. The molecule has 0 spiro atoms. The largest absolute Gasteiger partial charge is 0.478 e. The molecular weight excluding hydrogens is 432 g/mol. The molecule has 0 aliphatic heterocycles. The van der Waals surface area contributed by atoms with E-state index in [9.17, 15) is 13.2 Å². The Kier molecular flexibility index (Phi) is 4.54. The van der Waals surface area contributed by atoms with Crippen LogP contribution in [0.3, 0.4) is 0 Å². The second-order valence-corrected chi connectivity index (χ2v) is 6.82. The molecule has 0 aliphatic carbocycles. The van der Waals surface area contributed by atoms with Gasteiger partial charge >= 0.3 is 5.97 Å². The highest BCUT2D eigenvalue weighted by Crippen LogP contribution is 2.22. The summed E-state index contributed by atoms with van der Waals surface area (Å²) in [6.07, 6.45) is 2.28. The molecule has 11 heteroatoms. The first kappa shape index (κ1) is 15.8. The van der Waals surface area contributed by atoms with E-state index >= 15 is 0 Å². The van der Waals surface area contributed by atoms with E-state index in [1.807, 2.05) is 0 Å². The van der Waals surface area contributed by atoms with Crippen molar-refractivity contribution in [2.24, 2.45) is 0 Å². The molecule has 0 radical (unpaired) electrons. The first-order chi connectivity index (χ1) is 9.79. The summed E-state index contributed by atoms with van der Waals surface area (Å²) in [5, 5.41) is 8.41. The number of nitrogens with zero attached hydrogens (tertiary/aromatic N) is 3. The van der Waals surface area contributed by atoms with Crippen LogP contribution in [0.25, 0.3) is 0 Å². The quantitative estimate of drug-likeness (QED) is 0.748. The maximum Gasteiger partial charge on any atom is 0.337 e. The Balaban J connectivity index is 2.31. The number of carbonyl (C=O) groups is 1. The number of carboxylic acid groups (broad SMARTS) is 1. The van der Waals surface area contributed by atoms with Crippen LogP contribution in [0.2, 0.25) is 0 Å². The van der Waals surface area contributed by atoms with Gasteiger partial charge in [0.2, 0.25) is 0 Å². The fourth-order valence-electron chi connectivity index (χ4n) is 1.26. The van der Waals surface area contributed by atoms with Gasteiger partial charge in [0.25, 0.3) is 10.0 Å². The van der Waals surface area contributed by atoms with Crippen molar-refractivity contribution in [1.29, 1.82) is 0 Å². The topological polar surface area (TPSA) is 122 Å². The smallest absolute Gasteiger partial charge is 0.337 e. The van der Waals surface area contributed by atoms with Crippen LogP contribution in [-0.2, 0) is 10.0 Å². The number of pyridine rings is 1. The lowest BCUT2D eigenvalue weighted by atomic mass is 10.3. The van der Waals surface area contributed by atoms with Crippen LogP contribution in [0.15, 0.2) is 38.8 Å². The molecule has 0 unspecified atom stereocenters. The third kappa shape index (κ3) is 3.74. The van der Waals surface area contributed by atoms with E-state index in [0.29, 0.717) is 4.60 Å². The van der Waals surface area contributed by atoms with E-state index in [-0.39, 0.29) is 21.0 Å². The summed E-state index contributed by atoms with van der Waals surface area (Å²) in [4.78, 5) is 22.1. The second kappa shape index (κ2) is 6.03. The molecule has 8 nitrogen and oxygen atoms in total. The highest BCUT2D eigenvalue weighted by Gasteiger charge is 2.19. The number of carboxylic acids is 1. The van der Waals surface area contributed by atoms with Gasteiger partial charge in [-0.15, -0.1) is 0 Å². The minimum Gasteiger partial charge on any atom is -0.478 e. The predicted molar refractivity (Wildman–Crippen MR) is 79.4 cm³/mol. The predicted octanol–water partition coefficient (Wildman–Crippen LogP) is 1.90. The van der Waals surface area contributed by atoms with E-state index in [2.05, 4.69) is 51.5 Å². The molecule has 0 fully saturated rings. The Labute approximate surface area is 136 Å². The number of aromatic nitrogens is 3. The lowest BCUT2D eigenvalue weighted by molar-refractivity contribution is 0.0696. The van der Waals surface area contributed by atoms with Crippen LogP contribution < -0.4 is 4.72 Å². The third-order valence-electron chi connectivity index (χ3n) is 2.19. The zero-order valence-electron chi connectivity index (χ0n) is 9.99. The molecule has 2 rings (SSSR count). The molecule has 0 aromatic carbocycles. The van der Waals surface area contributed by atoms with Crippen molar-refractivity contribution in [3.63, 3.8) is 0 Å². The van der Waals surface area contributed by atoms with E-state index in [4.69, 9.17) is 5.11 Å². The Hall–Kier alpha value is -1.59. The molecule has 0 amide bonds. The Morgan fingerprint density at radius 1 is 1.19 bits per heavy atom. The highest BCUT2D eigenvalue weighted by atomic mass is 79.9. The molecule has 0 saturated heterocycles. The molecule has 0 bridgehead atoms. The fourth-order valence-corrected chi connectivity index (χ4v) is 3.25. The number of nitrogens with one attached hydrogen (secondary N) is 1. The van der Waals surface area contributed by atoms with Crippen molar-refractivity contribution in [3.8, 4) is 0 Å². The van der Waals surface area contributed by atoms with Crippen molar-refractivity contribution in [2.45, 2.75) is 5.03 Å². The van der Waals surface area contributed by atoms with Crippen LogP contribution in [-0.4, -0.2) is 34.4 Å². The van der Waals surface area contributed by atoms with Gasteiger partial charge in [0, 0.05) is 6.20 Å². The molecule has 2 N–H and O–H groups in total. The highest BCUT2D eigenvalue weighted by molar-refractivity contribution is 9.11. The monoisotopic (exact) mass is 436 g/mol. The lowest BCUT2D eigenvalue weighted by Crippen LogP contribution is -2.16. The normalized spacial score (nSPS) is 11.1. The van der Waals surface area contributed by atoms with Gasteiger partial charge < -0.3 is 5.11 Å². The van der Waals surface area contributed by atoms with E-state index in [0.717, 1.165) is 18.3 Å². The number of anilines is 1. The van der Waals surface area contributed by atoms with Crippen LogP contribution in [0, 0.1) is 0 Å². The summed E-state index contributed by atoms with van der Waals surface area (Å²) in [7, 11) is -3.99. The number of aromatic carboxylic acids is 1. The fraction of sp³-hybridized carbons (Fsp3) is 0. The van der Waals surface area contributed by atoms with Crippen LogP contribution in [0.4, 0.5) is 5.82 Å². The van der Waals surface area contributed by atoms with Crippen molar-refractivity contribution < 1.29 is 18.3 Å². The SMILES string of the molecule is O=C(O)c1ccc(S(=O)(=O)Nc2ncc(Br)nc2Br)nc1. The van der Waals surface area contributed by atoms with Gasteiger partial charge in [0.15, 0.2) is 15.4 Å². The minimum atomic E-state index is -3.99. The first-order valence-electron chi connectivity index (χ1n) is 5.20. The Bertz CT molecular complexity index is 795. The van der Waals surface area contributed by atoms with E-state index < -0.39 is 16.0 Å². The van der Waals surface area contributed by atoms with Crippen molar-refractivity contribution >= 4 is 53.7 Å². The second-order valence-electron chi connectivity index (χ2n) is 3.63. The van der Waals surface area contributed by atoms with Crippen LogP contribution in [0.5, 0.6) is 0 Å². The molecule has 2 aromatic rings. The molecule has 21 heavy (non-hydrogen) atoms. The van der Waals surface area contributed by atoms with Gasteiger partial charge in [0.05, 0.1) is 11.8 Å². The van der Waals surface area contributed by atoms with Crippen molar-refractivity contribution in [3.05, 3.63) is 39.3 Å². The van der Waals surface area contributed by atoms with E-state index in [1.54, 1.807) is 0 Å². The Morgan fingerprint density at radius 2 is 1.90 bits per heavy atom. The molecule has 0 aliphatic rings. The summed E-state index contributed by atoms with van der Waals surface area (Å²) >= 11 is 6.17. The van der Waals surface area contributed by atoms with Crippen molar-refractivity contribution in [2.75, 3.05) is 4.72 Å².